The van der Waals surface area contributed by atoms with Gasteiger partial charge in [0.25, 0.3) is 0 Å². The number of nitrogens with zero attached hydrogens (tertiary/aromatic N) is 2. The molecule has 0 bridgehead atoms. The molecule has 142 valence electrons. The molecule has 1 aliphatic rings. The van der Waals surface area contributed by atoms with Crippen LogP contribution in [0.2, 0.25) is 0 Å². The molecule has 1 fully saturated rings. The van der Waals surface area contributed by atoms with Gasteiger partial charge in [0.15, 0.2) is 0 Å². The highest BCUT2D eigenvalue weighted by Crippen LogP contribution is 2.17. The van der Waals surface area contributed by atoms with Crippen LogP contribution in [0.4, 0.5) is 0 Å². The molecule has 0 aliphatic carbocycles. The van der Waals surface area contributed by atoms with Gasteiger partial charge in [0.1, 0.15) is 0 Å². The molecule has 0 radical (unpaired) electrons. The van der Waals surface area contributed by atoms with E-state index in [9.17, 15) is 9.59 Å². The van der Waals surface area contributed by atoms with E-state index in [-0.39, 0.29) is 0 Å². The quantitative estimate of drug-likeness (QED) is 0.764. The van der Waals surface area contributed by atoms with Crippen LogP contribution in [0.3, 0.4) is 0 Å². The Kier molecular flexibility index (Phi) is 6.93. The van der Waals surface area contributed by atoms with Crippen LogP contribution in [0, 0.1) is 5.92 Å². The molecule has 2 heterocycles. The lowest BCUT2D eigenvalue weighted by molar-refractivity contribution is -0.139. The van der Waals surface area contributed by atoms with E-state index >= 15 is 0 Å². The molecule has 1 aromatic heterocycles. The van der Waals surface area contributed by atoms with Gasteiger partial charge in [-0.2, -0.15) is 0 Å². The number of piperidine rings is 1. The second kappa shape index (κ2) is 9.83. The number of aromatic nitrogens is 1. The van der Waals surface area contributed by atoms with Crippen molar-refractivity contribution in [1.82, 2.24) is 20.5 Å². The molecule has 1 aromatic carbocycles. The smallest absolute Gasteiger partial charge is 0.309 e. The Labute approximate surface area is 160 Å². The maximum Gasteiger partial charge on any atom is 0.309 e. The van der Waals surface area contributed by atoms with Crippen molar-refractivity contribution in [3.8, 4) is 0 Å². The topological polar surface area (TPSA) is 74.3 Å². The molecule has 3 rings (SSSR count). The molecule has 0 spiro atoms. The summed E-state index contributed by atoms with van der Waals surface area (Å²) >= 11 is 0. The van der Waals surface area contributed by atoms with Gasteiger partial charge in [0, 0.05) is 25.8 Å². The predicted octanol–water partition coefficient (Wildman–Crippen LogP) is 1.73. The Morgan fingerprint density at radius 1 is 0.963 bits per heavy atom. The molecule has 2 aromatic rings. The SMILES string of the molecule is O=C(NCc1ccccc1)C(=O)NCC1CCN(Cc2ccccn2)CC1. The number of amides is 2. The lowest BCUT2D eigenvalue weighted by Gasteiger charge is -2.31. The number of likely N-dealkylation sites (tertiary alicyclic amines) is 1. The average molecular weight is 366 g/mol. The first kappa shape index (κ1) is 19.0. The average Bonchev–Trinajstić information content (AvgIpc) is 2.73. The van der Waals surface area contributed by atoms with Gasteiger partial charge in [-0.15, -0.1) is 0 Å². The van der Waals surface area contributed by atoms with Crippen LogP contribution in [-0.2, 0) is 22.7 Å². The summed E-state index contributed by atoms with van der Waals surface area (Å²) in [4.78, 5) is 30.6. The Morgan fingerprint density at radius 3 is 2.37 bits per heavy atom. The second-order valence-electron chi connectivity index (χ2n) is 6.92. The Bertz CT molecular complexity index is 728. The summed E-state index contributed by atoms with van der Waals surface area (Å²) in [6.45, 7) is 3.74. The summed E-state index contributed by atoms with van der Waals surface area (Å²) < 4.78 is 0. The molecule has 2 N–H and O–H groups in total. The predicted molar refractivity (Wildman–Crippen MR) is 104 cm³/mol. The van der Waals surface area contributed by atoms with E-state index in [1.54, 1.807) is 0 Å². The third kappa shape index (κ3) is 6.18. The summed E-state index contributed by atoms with van der Waals surface area (Å²) in [7, 11) is 0. The maximum absolute atomic E-state index is 12.0. The van der Waals surface area contributed by atoms with Crippen molar-refractivity contribution in [2.24, 2.45) is 5.92 Å². The number of pyridine rings is 1. The summed E-state index contributed by atoms with van der Waals surface area (Å²) in [6.07, 6.45) is 3.85. The minimum atomic E-state index is -0.577. The van der Waals surface area contributed by atoms with Crippen LogP contribution in [0.15, 0.2) is 54.7 Å². The molecule has 1 saturated heterocycles. The fraction of sp³-hybridized carbons (Fsp3) is 0.381. The first-order valence-electron chi connectivity index (χ1n) is 9.43. The fourth-order valence-corrected chi connectivity index (χ4v) is 3.25. The molecular formula is C21H26N4O2. The van der Waals surface area contributed by atoms with Crippen molar-refractivity contribution in [3.63, 3.8) is 0 Å². The molecule has 0 saturated carbocycles. The first-order chi connectivity index (χ1) is 13.2. The number of carbonyl (C=O) groups excluding carboxylic acids is 2. The van der Waals surface area contributed by atoms with Gasteiger partial charge >= 0.3 is 11.8 Å². The van der Waals surface area contributed by atoms with Crippen molar-refractivity contribution in [3.05, 3.63) is 66.0 Å². The highest BCUT2D eigenvalue weighted by Gasteiger charge is 2.21. The minimum absolute atomic E-state index is 0.360. The number of hydrogen-bond acceptors (Lipinski definition) is 4. The molecule has 6 nitrogen and oxygen atoms in total. The van der Waals surface area contributed by atoms with Crippen molar-refractivity contribution in [1.29, 1.82) is 0 Å². The van der Waals surface area contributed by atoms with Gasteiger partial charge in [-0.1, -0.05) is 36.4 Å². The molecule has 27 heavy (non-hydrogen) atoms. The summed E-state index contributed by atoms with van der Waals surface area (Å²) in [5.41, 5.74) is 2.05. The Balaban J connectivity index is 1.33. The van der Waals surface area contributed by atoms with E-state index in [1.165, 1.54) is 0 Å². The Morgan fingerprint density at radius 2 is 1.67 bits per heavy atom. The summed E-state index contributed by atoms with van der Waals surface area (Å²) in [5, 5.41) is 5.43. The lowest BCUT2D eigenvalue weighted by atomic mass is 9.96. The zero-order chi connectivity index (χ0) is 18.9. The third-order valence-electron chi connectivity index (χ3n) is 4.87. The minimum Gasteiger partial charge on any atom is -0.348 e. The van der Waals surface area contributed by atoms with Crippen LogP contribution in [0.1, 0.15) is 24.1 Å². The van der Waals surface area contributed by atoms with Gasteiger partial charge in [-0.05, 0) is 49.5 Å². The maximum atomic E-state index is 12.0. The number of nitrogens with one attached hydrogen (secondary N) is 2. The van der Waals surface area contributed by atoms with Crippen LogP contribution < -0.4 is 10.6 Å². The normalized spacial score (nSPS) is 15.3. The first-order valence-corrected chi connectivity index (χ1v) is 9.43. The number of hydrogen-bond donors (Lipinski definition) is 2. The zero-order valence-corrected chi connectivity index (χ0v) is 15.4. The van der Waals surface area contributed by atoms with Crippen LogP contribution in [-0.4, -0.2) is 41.3 Å². The molecule has 2 amide bonds. The summed E-state index contributed by atoms with van der Waals surface area (Å²) in [6, 6.07) is 15.5. The lowest BCUT2D eigenvalue weighted by Crippen LogP contribution is -2.43. The number of carbonyl (C=O) groups is 2. The van der Waals surface area contributed by atoms with Crippen LogP contribution >= 0.6 is 0 Å². The highest BCUT2D eigenvalue weighted by molar-refractivity contribution is 6.35. The van der Waals surface area contributed by atoms with E-state index in [0.29, 0.717) is 19.0 Å². The van der Waals surface area contributed by atoms with Crippen molar-refractivity contribution < 1.29 is 9.59 Å². The monoisotopic (exact) mass is 366 g/mol. The fourth-order valence-electron chi connectivity index (χ4n) is 3.25. The van der Waals surface area contributed by atoms with Gasteiger partial charge in [0.05, 0.1) is 5.69 Å². The molecule has 0 unspecified atom stereocenters. The molecule has 6 heteroatoms. The number of rotatable bonds is 6. The van der Waals surface area contributed by atoms with Crippen LogP contribution in [0.25, 0.3) is 0 Å². The van der Waals surface area contributed by atoms with E-state index < -0.39 is 11.8 Å². The van der Waals surface area contributed by atoms with Crippen molar-refractivity contribution in [2.45, 2.75) is 25.9 Å². The van der Waals surface area contributed by atoms with Gasteiger partial charge in [-0.3, -0.25) is 19.5 Å². The molecule has 1 aliphatic heterocycles. The van der Waals surface area contributed by atoms with E-state index in [1.807, 2.05) is 54.7 Å². The summed E-state index contributed by atoms with van der Waals surface area (Å²) in [5.74, 6) is -0.718. The largest absolute Gasteiger partial charge is 0.348 e. The van der Waals surface area contributed by atoms with E-state index in [0.717, 1.165) is 43.7 Å². The Hall–Kier alpha value is -2.73. The molecular weight excluding hydrogens is 340 g/mol. The van der Waals surface area contributed by atoms with E-state index in [2.05, 4.69) is 20.5 Å². The second-order valence-corrected chi connectivity index (χ2v) is 6.92. The van der Waals surface area contributed by atoms with Crippen LogP contribution in [0.5, 0.6) is 0 Å². The van der Waals surface area contributed by atoms with Gasteiger partial charge in [-0.25, -0.2) is 0 Å². The number of benzene rings is 1. The van der Waals surface area contributed by atoms with Crippen molar-refractivity contribution in [2.75, 3.05) is 19.6 Å². The zero-order valence-electron chi connectivity index (χ0n) is 15.4. The highest BCUT2D eigenvalue weighted by atomic mass is 16.2. The van der Waals surface area contributed by atoms with Gasteiger partial charge < -0.3 is 10.6 Å². The standard InChI is InChI=1S/C21H26N4O2/c26-20(23-14-17-6-2-1-3-7-17)21(27)24-15-18-9-12-25(13-10-18)16-19-8-4-5-11-22-19/h1-8,11,18H,9-10,12-16H2,(H,23,26)(H,24,27). The van der Waals surface area contributed by atoms with Gasteiger partial charge in [0.2, 0.25) is 0 Å². The molecule has 0 atom stereocenters. The van der Waals surface area contributed by atoms with E-state index in [4.69, 9.17) is 0 Å². The third-order valence-corrected chi connectivity index (χ3v) is 4.87. The van der Waals surface area contributed by atoms with Crippen molar-refractivity contribution >= 4 is 11.8 Å².